The van der Waals surface area contributed by atoms with Gasteiger partial charge in [-0.1, -0.05) is 12.1 Å². The highest BCUT2D eigenvalue weighted by atomic mass is 16.5. The van der Waals surface area contributed by atoms with Crippen molar-refractivity contribution in [2.45, 2.75) is 13.5 Å². The molecule has 0 fully saturated rings. The molecule has 0 saturated carbocycles. The minimum atomic E-state index is -0.285. The zero-order valence-electron chi connectivity index (χ0n) is 9.77. The number of hydrogen-bond donors (Lipinski definition) is 0. The summed E-state index contributed by atoms with van der Waals surface area (Å²) in [5.74, 6) is -0.540. The lowest BCUT2D eigenvalue weighted by Gasteiger charge is -2.14. The summed E-state index contributed by atoms with van der Waals surface area (Å²) < 4.78 is 4.99. The normalized spacial score (nSPS) is 15.4. The quantitative estimate of drug-likeness (QED) is 0.743. The maximum Gasteiger partial charge on any atom is 0.261 e. The molecule has 0 aromatic heterocycles. The second-order valence-electron chi connectivity index (χ2n) is 3.91. The van der Waals surface area contributed by atoms with Crippen molar-refractivity contribution in [3.8, 4) is 0 Å². The number of amides is 2. The van der Waals surface area contributed by atoms with E-state index in [0.717, 1.165) is 5.56 Å². The number of anilines is 1. The average molecular weight is 231 g/mol. The Morgan fingerprint density at radius 3 is 2.29 bits per heavy atom. The molecule has 1 aliphatic rings. The molecule has 2 amide bonds. The first-order valence-electron chi connectivity index (χ1n) is 5.28. The van der Waals surface area contributed by atoms with Gasteiger partial charge in [0.25, 0.3) is 11.8 Å². The van der Waals surface area contributed by atoms with Gasteiger partial charge in [0.05, 0.1) is 12.3 Å². The van der Waals surface area contributed by atoms with Crippen LogP contribution < -0.4 is 4.90 Å². The molecule has 1 aromatic rings. The molecule has 0 radical (unpaired) electrons. The van der Waals surface area contributed by atoms with E-state index < -0.39 is 0 Å². The SMILES string of the molecule is COCc1ccc(N2C(=O)C=C(C)C2=O)cc1. The molecule has 0 N–H and O–H groups in total. The van der Waals surface area contributed by atoms with Crippen LogP contribution in [0.1, 0.15) is 12.5 Å². The minimum absolute atomic E-state index is 0.255. The van der Waals surface area contributed by atoms with Crippen LogP contribution in [-0.2, 0) is 20.9 Å². The number of benzene rings is 1. The van der Waals surface area contributed by atoms with Gasteiger partial charge >= 0.3 is 0 Å². The molecule has 0 spiro atoms. The smallest absolute Gasteiger partial charge is 0.261 e. The van der Waals surface area contributed by atoms with E-state index in [2.05, 4.69) is 0 Å². The summed E-state index contributed by atoms with van der Waals surface area (Å²) in [4.78, 5) is 24.5. The van der Waals surface area contributed by atoms with Gasteiger partial charge < -0.3 is 4.74 Å². The van der Waals surface area contributed by atoms with E-state index in [4.69, 9.17) is 4.74 Å². The molecule has 0 aliphatic carbocycles. The lowest BCUT2D eigenvalue weighted by Crippen LogP contribution is -2.30. The van der Waals surface area contributed by atoms with Crippen molar-refractivity contribution in [3.05, 3.63) is 41.5 Å². The standard InChI is InChI=1S/C13H13NO3/c1-9-7-12(15)14(13(9)16)11-5-3-10(4-6-11)8-17-2/h3-7H,8H2,1-2H3. The fourth-order valence-corrected chi connectivity index (χ4v) is 1.74. The third kappa shape index (κ3) is 2.12. The molecule has 88 valence electrons. The Morgan fingerprint density at radius 1 is 1.18 bits per heavy atom. The molecule has 17 heavy (non-hydrogen) atoms. The van der Waals surface area contributed by atoms with Crippen molar-refractivity contribution < 1.29 is 14.3 Å². The summed E-state index contributed by atoms with van der Waals surface area (Å²) >= 11 is 0. The third-order valence-corrected chi connectivity index (χ3v) is 2.61. The molecule has 0 bridgehead atoms. The Bertz CT molecular complexity index is 488. The summed E-state index contributed by atoms with van der Waals surface area (Å²) in [5, 5.41) is 0. The monoisotopic (exact) mass is 231 g/mol. The second kappa shape index (κ2) is 4.51. The maximum atomic E-state index is 11.7. The summed E-state index contributed by atoms with van der Waals surface area (Å²) in [6, 6.07) is 7.17. The molecular formula is C13H13NO3. The Labute approximate surface area is 99.5 Å². The number of hydrogen-bond acceptors (Lipinski definition) is 3. The van der Waals surface area contributed by atoms with Crippen LogP contribution in [0.3, 0.4) is 0 Å². The molecule has 0 unspecified atom stereocenters. The van der Waals surface area contributed by atoms with Crippen molar-refractivity contribution in [3.63, 3.8) is 0 Å². The first-order valence-corrected chi connectivity index (χ1v) is 5.28. The van der Waals surface area contributed by atoms with Crippen molar-refractivity contribution >= 4 is 17.5 Å². The second-order valence-corrected chi connectivity index (χ2v) is 3.91. The summed E-state index contributed by atoms with van der Waals surface area (Å²) in [7, 11) is 1.62. The van der Waals surface area contributed by atoms with E-state index in [1.807, 2.05) is 12.1 Å². The average Bonchev–Trinajstić information content (AvgIpc) is 2.55. The lowest BCUT2D eigenvalue weighted by molar-refractivity contribution is -0.120. The van der Waals surface area contributed by atoms with E-state index in [9.17, 15) is 9.59 Å². The predicted octanol–water partition coefficient (Wildman–Crippen LogP) is 1.65. The van der Waals surface area contributed by atoms with Gasteiger partial charge in [-0.25, -0.2) is 4.90 Å². The summed E-state index contributed by atoms with van der Waals surface area (Å²) in [6.45, 7) is 2.15. The van der Waals surface area contributed by atoms with Gasteiger partial charge in [0.15, 0.2) is 0 Å². The fourth-order valence-electron chi connectivity index (χ4n) is 1.74. The predicted molar refractivity (Wildman–Crippen MR) is 63.4 cm³/mol. The van der Waals surface area contributed by atoms with E-state index in [1.54, 1.807) is 26.2 Å². The first kappa shape index (κ1) is 11.5. The molecule has 0 atom stereocenters. The first-order chi connectivity index (χ1) is 8.13. The molecule has 1 aliphatic heterocycles. The van der Waals surface area contributed by atoms with E-state index in [1.165, 1.54) is 11.0 Å². The number of carbonyl (C=O) groups is 2. The Balaban J connectivity index is 2.24. The van der Waals surface area contributed by atoms with Crippen LogP contribution in [0.4, 0.5) is 5.69 Å². The number of rotatable bonds is 3. The summed E-state index contributed by atoms with van der Waals surface area (Å²) in [6.07, 6.45) is 1.35. The highest BCUT2D eigenvalue weighted by molar-refractivity contribution is 6.30. The topological polar surface area (TPSA) is 46.6 Å². The van der Waals surface area contributed by atoms with E-state index in [-0.39, 0.29) is 11.8 Å². The highest BCUT2D eigenvalue weighted by Crippen LogP contribution is 2.22. The zero-order valence-corrected chi connectivity index (χ0v) is 9.77. The number of imide groups is 1. The lowest BCUT2D eigenvalue weighted by atomic mass is 10.2. The van der Waals surface area contributed by atoms with Crippen LogP contribution in [0.15, 0.2) is 35.9 Å². The van der Waals surface area contributed by atoms with Crippen molar-refractivity contribution in [2.24, 2.45) is 0 Å². The molecule has 2 rings (SSSR count). The van der Waals surface area contributed by atoms with Gasteiger partial charge in [0.2, 0.25) is 0 Å². The van der Waals surface area contributed by atoms with Crippen LogP contribution in [-0.4, -0.2) is 18.9 Å². The number of nitrogens with zero attached hydrogens (tertiary/aromatic N) is 1. The van der Waals surface area contributed by atoms with Crippen molar-refractivity contribution in [2.75, 3.05) is 12.0 Å². The molecule has 1 heterocycles. The van der Waals surface area contributed by atoms with Crippen molar-refractivity contribution in [1.82, 2.24) is 0 Å². The van der Waals surface area contributed by atoms with Crippen LogP contribution in [0.5, 0.6) is 0 Å². The fraction of sp³-hybridized carbons (Fsp3) is 0.231. The Hall–Kier alpha value is -1.94. The van der Waals surface area contributed by atoms with Crippen LogP contribution >= 0.6 is 0 Å². The van der Waals surface area contributed by atoms with Gasteiger partial charge in [-0.05, 0) is 24.6 Å². The molecular weight excluding hydrogens is 218 g/mol. The van der Waals surface area contributed by atoms with E-state index >= 15 is 0 Å². The minimum Gasteiger partial charge on any atom is -0.380 e. The molecule has 1 aromatic carbocycles. The zero-order chi connectivity index (χ0) is 12.4. The molecule has 4 nitrogen and oxygen atoms in total. The van der Waals surface area contributed by atoms with Gasteiger partial charge in [0, 0.05) is 18.8 Å². The summed E-state index contributed by atoms with van der Waals surface area (Å²) in [5.41, 5.74) is 2.06. The van der Waals surface area contributed by atoms with Gasteiger partial charge in [-0.3, -0.25) is 9.59 Å². The van der Waals surface area contributed by atoms with Gasteiger partial charge in [-0.15, -0.1) is 0 Å². The molecule has 4 heteroatoms. The Morgan fingerprint density at radius 2 is 1.82 bits per heavy atom. The van der Waals surface area contributed by atoms with Crippen LogP contribution in [0.2, 0.25) is 0 Å². The number of methoxy groups -OCH3 is 1. The van der Waals surface area contributed by atoms with E-state index in [0.29, 0.717) is 17.9 Å². The maximum absolute atomic E-state index is 11.7. The largest absolute Gasteiger partial charge is 0.380 e. The van der Waals surface area contributed by atoms with Crippen molar-refractivity contribution in [1.29, 1.82) is 0 Å². The van der Waals surface area contributed by atoms with Crippen LogP contribution in [0.25, 0.3) is 0 Å². The third-order valence-electron chi connectivity index (χ3n) is 2.61. The van der Waals surface area contributed by atoms with Gasteiger partial charge in [0.1, 0.15) is 0 Å². The highest BCUT2D eigenvalue weighted by Gasteiger charge is 2.29. The number of ether oxygens (including phenoxy) is 1. The van der Waals surface area contributed by atoms with Crippen LogP contribution in [0, 0.1) is 0 Å². The number of carbonyl (C=O) groups excluding carboxylic acids is 2. The Kier molecular flexibility index (Phi) is 3.06. The van der Waals surface area contributed by atoms with Gasteiger partial charge in [-0.2, -0.15) is 0 Å². The molecule has 0 saturated heterocycles.